The van der Waals surface area contributed by atoms with Crippen LogP contribution in [0, 0.1) is 17.3 Å². The number of hydrogen-bond acceptors (Lipinski definition) is 4. The smallest absolute Gasteiger partial charge is 0.309 e. The molecule has 0 saturated heterocycles. The van der Waals surface area contributed by atoms with Gasteiger partial charge < -0.3 is 5.73 Å². The lowest BCUT2D eigenvalue weighted by Crippen LogP contribution is -2.33. The molecule has 0 amide bonds. The van der Waals surface area contributed by atoms with Gasteiger partial charge in [0.05, 0.1) is 0 Å². The highest BCUT2D eigenvalue weighted by Gasteiger charge is 2.42. The normalized spacial score (nSPS) is 37.2. The number of nitrogens with zero attached hydrogens (tertiary/aromatic N) is 1. The fraction of sp³-hybridized carbons (Fsp3) is 0.900. The topological polar surface area (TPSA) is 76.7 Å². The molecule has 1 aliphatic carbocycles. The van der Waals surface area contributed by atoms with Gasteiger partial charge in [-0.2, -0.15) is 4.28 Å². The van der Waals surface area contributed by atoms with E-state index in [1.165, 1.54) is 0 Å². The van der Waals surface area contributed by atoms with Crippen molar-refractivity contribution < 1.29 is 8.49 Å². The molecule has 0 bridgehead atoms. The molecule has 1 saturated carbocycles. The zero-order valence-electron chi connectivity index (χ0n) is 9.73. The van der Waals surface area contributed by atoms with Crippen LogP contribution < -0.4 is 11.2 Å². The maximum absolute atomic E-state index is 11.0. The minimum atomic E-state index is -1.55. The molecule has 16 heavy (non-hydrogen) atoms. The predicted molar refractivity (Wildman–Crippen MR) is 63.5 cm³/mol. The summed E-state index contributed by atoms with van der Waals surface area (Å²) >= 11 is -1.55. The number of hydrogen-bond donors (Lipinski definition) is 2. The van der Waals surface area contributed by atoms with Crippen molar-refractivity contribution in [2.24, 2.45) is 27.4 Å². The standard InChI is InChI=1S/C10H19N3O2S/c1-7-3-10(6-11,4-8(7)2)5-9-12-15-16(14)13-9/h7-8H,3-6,11H2,1-2H3,(H,12,13)/t7-,8-,16?/m1/s1. The maximum atomic E-state index is 11.0. The summed E-state index contributed by atoms with van der Waals surface area (Å²) in [7, 11) is 0. The molecule has 0 radical (unpaired) electrons. The van der Waals surface area contributed by atoms with E-state index in [0.29, 0.717) is 24.2 Å². The minimum Gasteiger partial charge on any atom is -0.330 e. The van der Waals surface area contributed by atoms with Crippen molar-refractivity contribution in [3.8, 4) is 0 Å². The van der Waals surface area contributed by atoms with Crippen molar-refractivity contribution in [3.63, 3.8) is 0 Å². The van der Waals surface area contributed by atoms with Gasteiger partial charge in [-0.1, -0.05) is 13.8 Å². The highest BCUT2D eigenvalue weighted by molar-refractivity contribution is 7.79. The third kappa shape index (κ3) is 2.28. The third-order valence-corrected chi connectivity index (χ3v) is 4.47. The summed E-state index contributed by atoms with van der Waals surface area (Å²) in [5.41, 5.74) is 8.62. The van der Waals surface area contributed by atoms with E-state index in [1.54, 1.807) is 0 Å². The van der Waals surface area contributed by atoms with Crippen molar-refractivity contribution in [1.29, 1.82) is 0 Å². The monoisotopic (exact) mass is 245 g/mol. The van der Waals surface area contributed by atoms with Crippen LogP contribution in [0.4, 0.5) is 0 Å². The zero-order chi connectivity index (χ0) is 11.8. The molecule has 0 aromatic rings. The minimum absolute atomic E-state index is 0.0998. The summed E-state index contributed by atoms with van der Waals surface area (Å²) in [6.07, 6.45) is 2.96. The van der Waals surface area contributed by atoms with Crippen LogP contribution >= 0.6 is 0 Å². The first kappa shape index (κ1) is 12.0. The summed E-state index contributed by atoms with van der Waals surface area (Å²) in [6, 6.07) is 0. The second-order valence-corrected chi connectivity index (χ2v) is 5.97. The van der Waals surface area contributed by atoms with Crippen LogP contribution in [0.25, 0.3) is 0 Å². The van der Waals surface area contributed by atoms with Crippen LogP contribution in [0.15, 0.2) is 4.40 Å². The summed E-state index contributed by atoms with van der Waals surface area (Å²) in [5.74, 6) is 2.05. The van der Waals surface area contributed by atoms with Gasteiger partial charge in [-0.3, -0.25) is 0 Å². The Bertz CT molecular complexity index is 322. The van der Waals surface area contributed by atoms with Crippen LogP contribution in [-0.2, 0) is 15.6 Å². The Hall–Kier alpha value is -0.460. The van der Waals surface area contributed by atoms with E-state index in [0.717, 1.165) is 19.3 Å². The molecule has 0 aromatic heterocycles. The Morgan fingerprint density at radius 3 is 2.62 bits per heavy atom. The average molecular weight is 245 g/mol. The van der Waals surface area contributed by atoms with E-state index < -0.39 is 11.3 Å². The zero-order valence-corrected chi connectivity index (χ0v) is 10.5. The van der Waals surface area contributed by atoms with Gasteiger partial charge in [0.2, 0.25) is 0 Å². The molecule has 3 N–H and O–H groups in total. The molecule has 6 heteroatoms. The second kappa shape index (κ2) is 4.43. The molecule has 0 aromatic carbocycles. The summed E-state index contributed by atoms with van der Waals surface area (Å²) in [6.45, 7) is 5.18. The molecule has 5 nitrogen and oxygen atoms in total. The van der Waals surface area contributed by atoms with Gasteiger partial charge in [0.1, 0.15) is 5.84 Å². The molecule has 2 rings (SSSR count). The lowest BCUT2D eigenvalue weighted by molar-refractivity contribution is 0.273. The van der Waals surface area contributed by atoms with Gasteiger partial charge in [0.15, 0.2) is 0 Å². The van der Waals surface area contributed by atoms with Crippen molar-refractivity contribution in [1.82, 2.24) is 5.48 Å². The molecule has 1 aliphatic heterocycles. The Labute approximate surface area is 98.6 Å². The van der Waals surface area contributed by atoms with Gasteiger partial charge in [0, 0.05) is 6.42 Å². The van der Waals surface area contributed by atoms with Crippen LogP contribution in [0.3, 0.4) is 0 Å². The quantitative estimate of drug-likeness (QED) is 0.774. The molecule has 3 atom stereocenters. The molecule has 2 aliphatic rings. The van der Waals surface area contributed by atoms with Crippen LogP contribution in [-0.4, -0.2) is 16.6 Å². The van der Waals surface area contributed by atoms with Gasteiger partial charge in [-0.05, 0) is 36.6 Å². The van der Waals surface area contributed by atoms with E-state index in [9.17, 15) is 4.21 Å². The van der Waals surface area contributed by atoms with E-state index in [4.69, 9.17) is 10.0 Å². The lowest BCUT2D eigenvalue weighted by Gasteiger charge is -2.27. The molecule has 0 spiro atoms. The SMILES string of the molecule is C[C@@H]1CC(CN)(CC2=NS(=O)ON2)C[C@H]1C. The summed E-state index contributed by atoms with van der Waals surface area (Å²) in [5, 5.41) is 0. The highest BCUT2D eigenvalue weighted by atomic mass is 32.2. The number of hydroxylamine groups is 1. The van der Waals surface area contributed by atoms with Gasteiger partial charge >= 0.3 is 11.3 Å². The third-order valence-electron chi connectivity index (χ3n) is 3.87. The van der Waals surface area contributed by atoms with E-state index >= 15 is 0 Å². The molecule has 1 heterocycles. The number of nitrogens with two attached hydrogens (primary N) is 1. The first-order chi connectivity index (χ1) is 7.54. The van der Waals surface area contributed by atoms with Gasteiger partial charge in [-0.25, -0.2) is 9.69 Å². The van der Waals surface area contributed by atoms with Crippen LogP contribution in [0.2, 0.25) is 0 Å². The largest absolute Gasteiger partial charge is 0.330 e. The van der Waals surface area contributed by atoms with Crippen LogP contribution in [0.5, 0.6) is 0 Å². The fourth-order valence-corrected chi connectivity index (χ4v) is 3.36. The van der Waals surface area contributed by atoms with E-state index in [-0.39, 0.29) is 5.41 Å². The predicted octanol–water partition coefficient (Wildman–Crippen LogP) is 0.900. The van der Waals surface area contributed by atoms with Gasteiger partial charge in [-0.15, -0.1) is 4.40 Å². The molecule has 1 unspecified atom stereocenters. The summed E-state index contributed by atoms with van der Waals surface area (Å²) < 4.78 is 19.5. The van der Waals surface area contributed by atoms with Crippen molar-refractivity contribution in [2.75, 3.05) is 6.54 Å². The Balaban J connectivity index is 2.06. The lowest BCUT2D eigenvalue weighted by atomic mass is 9.81. The second-order valence-electron chi connectivity index (χ2n) is 5.18. The van der Waals surface area contributed by atoms with E-state index in [1.807, 2.05) is 0 Å². The molecular formula is C10H19N3O2S. The number of nitrogens with one attached hydrogen (secondary N) is 1. The first-order valence-electron chi connectivity index (χ1n) is 5.67. The Kier molecular flexibility index (Phi) is 3.32. The van der Waals surface area contributed by atoms with Gasteiger partial charge in [0.25, 0.3) is 0 Å². The number of amidine groups is 1. The van der Waals surface area contributed by atoms with Crippen molar-refractivity contribution >= 4 is 17.1 Å². The molecule has 92 valence electrons. The average Bonchev–Trinajstić information content (AvgIpc) is 2.74. The molecular weight excluding hydrogens is 226 g/mol. The Morgan fingerprint density at radius 1 is 1.56 bits per heavy atom. The maximum Gasteiger partial charge on any atom is 0.309 e. The van der Waals surface area contributed by atoms with E-state index in [2.05, 4.69) is 23.7 Å². The summed E-state index contributed by atoms with van der Waals surface area (Å²) in [4.78, 5) is 0. The van der Waals surface area contributed by atoms with Crippen LogP contribution in [0.1, 0.15) is 33.1 Å². The number of rotatable bonds is 3. The van der Waals surface area contributed by atoms with Crippen molar-refractivity contribution in [2.45, 2.75) is 33.1 Å². The molecule has 1 fully saturated rings. The van der Waals surface area contributed by atoms with Crippen molar-refractivity contribution in [3.05, 3.63) is 0 Å². The Morgan fingerprint density at radius 2 is 2.19 bits per heavy atom. The highest BCUT2D eigenvalue weighted by Crippen LogP contribution is 2.47. The fourth-order valence-electron chi connectivity index (χ4n) is 2.87. The first-order valence-corrected chi connectivity index (χ1v) is 6.71.